The molecule has 23 heavy (non-hydrogen) atoms. The fourth-order valence-electron chi connectivity index (χ4n) is 3.49. The molecule has 0 amide bonds. The predicted molar refractivity (Wildman–Crippen MR) is 90.9 cm³/mol. The molecule has 1 aromatic carbocycles. The molecule has 0 radical (unpaired) electrons. The number of rotatable bonds is 3. The lowest BCUT2D eigenvalue weighted by molar-refractivity contribution is 0.0972. The summed E-state index contributed by atoms with van der Waals surface area (Å²) < 4.78 is 11.1. The standard InChI is InChI=1S/C19H22N2O2/c1-2-5-17-18(23-12-22-17)9-8-16-19-14(10-11-20-16)13-6-3-4-7-15(13)21-19/h3-7,9,16,20-21H,2,8,10-12H2,1H3/b17-5+,18-9+/t16-/m1/s1. The Morgan fingerprint density at radius 3 is 2.87 bits per heavy atom. The topological polar surface area (TPSA) is 46.3 Å². The Morgan fingerprint density at radius 1 is 1.17 bits per heavy atom. The van der Waals surface area contributed by atoms with Crippen molar-refractivity contribution in [2.45, 2.75) is 32.2 Å². The predicted octanol–water partition coefficient (Wildman–Crippen LogP) is 3.93. The number of aromatic amines is 1. The van der Waals surface area contributed by atoms with Crippen molar-refractivity contribution in [1.29, 1.82) is 0 Å². The van der Waals surface area contributed by atoms with Crippen LogP contribution in [0.25, 0.3) is 10.9 Å². The van der Waals surface area contributed by atoms with E-state index in [4.69, 9.17) is 9.47 Å². The van der Waals surface area contributed by atoms with E-state index in [9.17, 15) is 0 Å². The Morgan fingerprint density at radius 2 is 2.00 bits per heavy atom. The molecule has 4 rings (SSSR count). The highest BCUT2D eigenvalue weighted by molar-refractivity contribution is 5.85. The van der Waals surface area contributed by atoms with E-state index >= 15 is 0 Å². The zero-order valence-corrected chi connectivity index (χ0v) is 13.4. The molecule has 1 saturated heterocycles. The van der Waals surface area contributed by atoms with Gasteiger partial charge >= 0.3 is 0 Å². The van der Waals surface area contributed by atoms with Crippen molar-refractivity contribution >= 4 is 10.9 Å². The van der Waals surface area contributed by atoms with Crippen LogP contribution < -0.4 is 5.32 Å². The van der Waals surface area contributed by atoms with E-state index < -0.39 is 0 Å². The number of para-hydroxylation sites is 1. The van der Waals surface area contributed by atoms with Gasteiger partial charge in [0.15, 0.2) is 11.5 Å². The van der Waals surface area contributed by atoms with Crippen LogP contribution in [0.4, 0.5) is 0 Å². The van der Waals surface area contributed by atoms with Crippen molar-refractivity contribution in [2.75, 3.05) is 13.3 Å². The molecule has 1 fully saturated rings. The van der Waals surface area contributed by atoms with E-state index in [2.05, 4.69) is 53.6 Å². The van der Waals surface area contributed by atoms with Crippen LogP contribution in [-0.4, -0.2) is 18.3 Å². The molecule has 0 aliphatic carbocycles. The molecule has 4 nitrogen and oxygen atoms in total. The second kappa shape index (κ2) is 6.13. The van der Waals surface area contributed by atoms with Gasteiger partial charge in [0.1, 0.15) is 0 Å². The minimum Gasteiger partial charge on any atom is -0.454 e. The number of H-pyrrole nitrogens is 1. The average Bonchev–Trinajstić information content (AvgIpc) is 3.17. The first-order valence-corrected chi connectivity index (χ1v) is 8.36. The number of hydrogen-bond acceptors (Lipinski definition) is 3. The Kier molecular flexibility index (Phi) is 3.83. The van der Waals surface area contributed by atoms with Crippen molar-refractivity contribution in [3.05, 3.63) is 59.2 Å². The third-order valence-corrected chi connectivity index (χ3v) is 4.56. The van der Waals surface area contributed by atoms with Crippen molar-refractivity contribution in [2.24, 2.45) is 0 Å². The Hall–Kier alpha value is -2.20. The Bertz CT molecular complexity index is 773. The van der Waals surface area contributed by atoms with Gasteiger partial charge < -0.3 is 19.8 Å². The average molecular weight is 310 g/mol. The number of fused-ring (bicyclic) bond motifs is 3. The summed E-state index contributed by atoms with van der Waals surface area (Å²) in [6.07, 6.45) is 7.13. The van der Waals surface area contributed by atoms with Crippen molar-refractivity contribution in [3.8, 4) is 0 Å². The normalized spacial score (nSPS) is 24.0. The van der Waals surface area contributed by atoms with Gasteiger partial charge in [-0.05, 0) is 49.6 Å². The Balaban J connectivity index is 1.61. The largest absolute Gasteiger partial charge is 0.454 e. The van der Waals surface area contributed by atoms with Crippen LogP contribution in [0.2, 0.25) is 0 Å². The molecule has 0 bridgehead atoms. The van der Waals surface area contributed by atoms with Crippen LogP contribution in [0.15, 0.2) is 47.9 Å². The maximum absolute atomic E-state index is 5.59. The molecule has 2 aliphatic rings. The van der Waals surface area contributed by atoms with E-state index in [1.54, 1.807) is 0 Å². The highest BCUT2D eigenvalue weighted by atomic mass is 16.7. The minimum absolute atomic E-state index is 0.297. The lowest BCUT2D eigenvalue weighted by Gasteiger charge is -2.23. The van der Waals surface area contributed by atoms with Crippen LogP contribution in [0.3, 0.4) is 0 Å². The van der Waals surface area contributed by atoms with E-state index in [-0.39, 0.29) is 0 Å². The summed E-state index contributed by atoms with van der Waals surface area (Å²) in [7, 11) is 0. The molecule has 0 spiro atoms. The summed E-state index contributed by atoms with van der Waals surface area (Å²) in [6.45, 7) is 3.44. The summed E-state index contributed by atoms with van der Waals surface area (Å²) in [5.74, 6) is 1.75. The van der Waals surface area contributed by atoms with Crippen LogP contribution in [0, 0.1) is 0 Å². The first-order valence-electron chi connectivity index (χ1n) is 8.36. The van der Waals surface area contributed by atoms with Gasteiger partial charge in [-0.2, -0.15) is 0 Å². The molecule has 2 N–H and O–H groups in total. The van der Waals surface area contributed by atoms with Gasteiger partial charge in [-0.15, -0.1) is 0 Å². The van der Waals surface area contributed by atoms with E-state index in [1.165, 1.54) is 22.2 Å². The van der Waals surface area contributed by atoms with E-state index in [0.29, 0.717) is 12.8 Å². The molecule has 0 unspecified atom stereocenters. The monoisotopic (exact) mass is 310 g/mol. The number of aromatic nitrogens is 1. The first-order chi connectivity index (χ1) is 11.4. The lowest BCUT2D eigenvalue weighted by Crippen LogP contribution is -2.29. The molecule has 1 aromatic heterocycles. The van der Waals surface area contributed by atoms with Crippen molar-refractivity contribution in [1.82, 2.24) is 10.3 Å². The lowest BCUT2D eigenvalue weighted by atomic mass is 9.97. The first kappa shape index (κ1) is 14.4. The quantitative estimate of drug-likeness (QED) is 0.903. The summed E-state index contributed by atoms with van der Waals surface area (Å²) in [5.41, 5.74) is 4.00. The number of ether oxygens (including phenoxy) is 2. The third kappa shape index (κ3) is 2.63. The number of allylic oxidation sites excluding steroid dienone is 1. The van der Waals surface area contributed by atoms with Crippen molar-refractivity contribution in [3.63, 3.8) is 0 Å². The second-order valence-electron chi connectivity index (χ2n) is 6.01. The second-order valence-corrected chi connectivity index (χ2v) is 6.01. The summed E-state index contributed by atoms with van der Waals surface area (Å²) in [4.78, 5) is 3.60. The SMILES string of the molecule is CC/C=C1/OCO/C1=C/C[C@H]1NCCc2c1[nH]c1ccccc21. The minimum atomic E-state index is 0.297. The summed E-state index contributed by atoms with van der Waals surface area (Å²) in [5, 5.41) is 4.97. The zero-order valence-electron chi connectivity index (χ0n) is 13.4. The highest BCUT2D eigenvalue weighted by Gasteiger charge is 2.24. The number of benzene rings is 1. The molecule has 3 heterocycles. The maximum atomic E-state index is 5.59. The van der Waals surface area contributed by atoms with Gasteiger partial charge in [0, 0.05) is 16.6 Å². The van der Waals surface area contributed by atoms with Gasteiger partial charge in [0.25, 0.3) is 0 Å². The van der Waals surface area contributed by atoms with Gasteiger partial charge in [-0.3, -0.25) is 0 Å². The van der Waals surface area contributed by atoms with Crippen LogP contribution in [-0.2, 0) is 15.9 Å². The van der Waals surface area contributed by atoms with Gasteiger partial charge in [-0.1, -0.05) is 25.1 Å². The number of nitrogens with one attached hydrogen (secondary N) is 2. The highest BCUT2D eigenvalue weighted by Crippen LogP contribution is 2.32. The fourth-order valence-corrected chi connectivity index (χ4v) is 3.49. The van der Waals surface area contributed by atoms with E-state index in [0.717, 1.165) is 37.3 Å². The summed E-state index contributed by atoms with van der Waals surface area (Å²) in [6, 6.07) is 8.85. The van der Waals surface area contributed by atoms with Crippen LogP contribution in [0.1, 0.15) is 37.1 Å². The third-order valence-electron chi connectivity index (χ3n) is 4.56. The molecule has 2 aromatic rings. The molecular formula is C19H22N2O2. The molecule has 4 heteroatoms. The number of hydrogen-bond donors (Lipinski definition) is 2. The van der Waals surface area contributed by atoms with Gasteiger partial charge in [0.05, 0.1) is 6.04 Å². The fraction of sp³-hybridized carbons (Fsp3) is 0.368. The molecule has 1 atom stereocenters. The smallest absolute Gasteiger partial charge is 0.231 e. The van der Waals surface area contributed by atoms with Gasteiger partial charge in [0.2, 0.25) is 6.79 Å². The van der Waals surface area contributed by atoms with Crippen LogP contribution in [0.5, 0.6) is 0 Å². The maximum Gasteiger partial charge on any atom is 0.231 e. The molecule has 0 saturated carbocycles. The molecule has 120 valence electrons. The molecule has 2 aliphatic heterocycles. The van der Waals surface area contributed by atoms with Crippen molar-refractivity contribution < 1.29 is 9.47 Å². The van der Waals surface area contributed by atoms with Crippen LogP contribution >= 0.6 is 0 Å². The van der Waals surface area contributed by atoms with E-state index in [1.807, 2.05) is 0 Å². The Labute approximate surface area is 136 Å². The van der Waals surface area contributed by atoms with Gasteiger partial charge in [-0.25, -0.2) is 0 Å². The summed E-state index contributed by atoms with van der Waals surface area (Å²) >= 11 is 0. The molecular weight excluding hydrogens is 288 g/mol. The zero-order chi connectivity index (χ0) is 15.6.